The third-order valence-electron chi connectivity index (χ3n) is 3.92. The summed E-state index contributed by atoms with van der Waals surface area (Å²) >= 11 is 0. The van der Waals surface area contributed by atoms with E-state index in [1.165, 1.54) is 6.42 Å². The van der Waals surface area contributed by atoms with Crippen LogP contribution in [-0.2, 0) is 9.53 Å². The zero-order valence-electron chi connectivity index (χ0n) is 9.95. The van der Waals surface area contributed by atoms with Crippen LogP contribution in [0.1, 0.15) is 32.6 Å². The fraction of sp³-hybridized carbons (Fsp3) is 0.917. The van der Waals surface area contributed by atoms with Gasteiger partial charge in [-0.15, -0.1) is 0 Å². The molecule has 0 aromatic carbocycles. The molecule has 4 atom stereocenters. The Morgan fingerprint density at radius 3 is 2.94 bits per heavy atom. The highest BCUT2D eigenvalue weighted by molar-refractivity contribution is 5.75. The number of piperidine rings is 1. The number of nitrogens with two attached hydrogens (primary N) is 1. The average Bonchev–Trinajstić information content (AvgIpc) is 2.28. The molecule has 1 heterocycles. The van der Waals surface area contributed by atoms with Crippen LogP contribution < -0.4 is 11.1 Å². The van der Waals surface area contributed by atoms with Crippen LogP contribution in [0.25, 0.3) is 0 Å². The molecule has 1 aliphatic heterocycles. The van der Waals surface area contributed by atoms with E-state index < -0.39 is 0 Å². The molecule has 4 nitrogen and oxygen atoms in total. The first-order valence-electron chi connectivity index (χ1n) is 6.36. The summed E-state index contributed by atoms with van der Waals surface area (Å²) in [5.41, 5.74) is 5.99. The van der Waals surface area contributed by atoms with Gasteiger partial charge in [-0.1, -0.05) is 0 Å². The number of carbonyl (C=O) groups is 1. The van der Waals surface area contributed by atoms with Gasteiger partial charge in [0.05, 0.1) is 6.61 Å². The van der Waals surface area contributed by atoms with Crippen LogP contribution in [0.15, 0.2) is 0 Å². The predicted octanol–water partition coefficient (Wildman–Crippen LogP) is 0.655. The number of fused-ring (bicyclic) bond motifs is 1. The molecule has 1 saturated heterocycles. The lowest BCUT2D eigenvalue weighted by Crippen LogP contribution is -2.51. The molecule has 2 aliphatic rings. The number of esters is 1. The Kier molecular flexibility index (Phi) is 3.82. The van der Waals surface area contributed by atoms with Crippen molar-refractivity contribution in [1.29, 1.82) is 0 Å². The highest BCUT2D eigenvalue weighted by Gasteiger charge is 2.37. The Morgan fingerprint density at radius 1 is 1.38 bits per heavy atom. The van der Waals surface area contributed by atoms with Gasteiger partial charge in [-0.2, -0.15) is 0 Å². The Morgan fingerprint density at radius 2 is 2.19 bits per heavy atom. The minimum absolute atomic E-state index is 0.0971. The maximum atomic E-state index is 11.6. The number of carbonyl (C=O) groups excluding carboxylic acids is 1. The second kappa shape index (κ2) is 5.15. The second-order valence-corrected chi connectivity index (χ2v) is 5.04. The Labute approximate surface area is 96.9 Å². The van der Waals surface area contributed by atoms with E-state index in [1.54, 1.807) is 0 Å². The summed E-state index contributed by atoms with van der Waals surface area (Å²) in [6.07, 6.45) is 4.31. The van der Waals surface area contributed by atoms with E-state index >= 15 is 0 Å². The summed E-state index contributed by atoms with van der Waals surface area (Å²) in [5, 5.41) is 3.30. The molecule has 4 heteroatoms. The number of nitrogens with one attached hydrogen (secondary N) is 1. The van der Waals surface area contributed by atoms with Gasteiger partial charge in [0.15, 0.2) is 0 Å². The van der Waals surface area contributed by atoms with Crippen LogP contribution in [0, 0.1) is 11.8 Å². The summed E-state index contributed by atoms with van der Waals surface area (Å²) in [6.45, 7) is 3.26. The lowest BCUT2D eigenvalue weighted by molar-refractivity contribution is -0.147. The maximum Gasteiger partial charge on any atom is 0.323 e. The van der Waals surface area contributed by atoms with Crippen LogP contribution in [0.2, 0.25) is 0 Å². The van der Waals surface area contributed by atoms with Crippen molar-refractivity contribution in [2.75, 3.05) is 13.2 Å². The first-order chi connectivity index (χ1) is 7.70. The molecule has 92 valence electrons. The quantitative estimate of drug-likeness (QED) is 0.679. The zero-order valence-corrected chi connectivity index (χ0v) is 9.95. The molecule has 0 bridgehead atoms. The van der Waals surface area contributed by atoms with Gasteiger partial charge >= 0.3 is 5.97 Å². The molecule has 0 radical (unpaired) electrons. The van der Waals surface area contributed by atoms with Crippen molar-refractivity contribution in [3.63, 3.8) is 0 Å². The van der Waals surface area contributed by atoms with Gasteiger partial charge in [0.1, 0.15) is 6.04 Å². The van der Waals surface area contributed by atoms with Crippen LogP contribution >= 0.6 is 0 Å². The number of hydrogen-bond acceptors (Lipinski definition) is 4. The third kappa shape index (κ3) is 2.55. The van der Waals surface area contributed by atoms with Crippen LogP contribution in [0.5, 0.6) is 0 Å². The molecule has 2 fully saturated rings. The lowest BCUT2D eigenvalue weighted by atomic mass is 9.72. The van der Waals surface area contributed by atoms with Gasteiger partial charge in [0, 0.05) is 6.04 Å². The number of rotatable bonds is 2. The van der Waals surface area contributed by atoms with E-state index in [0.717, 1.165) is 25.8 Å². The minimum Gasteiger partial charge on any atom is -0.465 e. The monoisotopic (exact) mass is 226 g/mol. The molecule has 0 spiro atoms. The highest BCUT2D eigenvalue weighted by Crippen LogP contribution is 2.35. The van der Waals surface area contributed by atoms with Crippen molar-refractivity contribution < 1.29 is 9.53 Å². The SMILES string of the molecule is CCOC(=O)C1CC2C[C@@H](N)CCC2CN1. The summed E-state index contributed by atoms with van der Waals surface area (Å²) in [6, 6.07) is 0.230. The first-order valence-corrected chi connectivity index (χ1v) is 6.36. The molecule has 0 amide bonds. The largest absolute Gasteiger partial charge is 0.465 e. The van der Waals surface area contributed by atoms with Crippen molar-refractivity contribution in [3.05, 3.63) is 0 Å². The topological polar surface area (TPSA) is 64.3 Å². The highest BCUT2D eigenvalue weighted by atomic mass is 16.5. The molecule has 1 aliphatic carbocycles. The van der Waals surface area contributed by atoms with Gasteiger partial charge in [-0.25, -0.2) is 0 Å². The molecule has 3 unspecified atom stereocenters. The van der Waals surface area contributed by atoms with E-state index in [4.69, 9.17) is 10.5 Å². The van der Waals surface area contributed by atoms with Crippen molar-refractivity contribution in [2.45, 2.75) is 44.7 Å². The van der Waals surface area contributed by atoms with Crippen LogP contribution in [-0.4, -0.2) is 31.2 Å². The predicted molar refractivity (Wildman–Crippen MR) is 61.8 cm³/mol. The van der Waals surface area contributed by atoms with Crippen molar-refractivity contribution in [2.24, 2.45) is 17.6 Å². The number of hydrogen-bond donors (Lipinski definition) is 2. The van der Waals surface area contributed by atoms with E-state index in [1.807, 2.05) is 6.92 Å². The molecule has 16 heavy (non-hydrogen) atoms. The summed E-state index contributed by atoms with van der Waals surface area (Å²) in [5.74, 6) is 1.23. The average molecular weight is 226 g/mol. The van der Waals surface area contributed by atoms with Crippen LogP contribution in [0.4, 0.5) is 0 Å². The van der Waals surface area contributed by atoms with Crippen molar-refractivity contribution in [3.8, 4) is 0 Å². The van der Waals surface area contributed by atoms with E-state index in [2.05, 4.69) is 5.32 Å². The van der Waals surface area contributed by atoms with E-state index in [0.29, 0.717) is 24.5 Å². The summed E-state index contributed by atoms with van der Waals surface area (Å²) < 4.78 is 5.06. The van der Waals surface area contributed by atoms with Gasteiger partial charge in [-0.3, -0.25) is 4.79 Å². The molecular weight excluding hydrogens is 204 g/mol. The molecule has 0 aromatic heterocycles. The fourth-order valence-electron chi connectivity index (χ4n) is 3.02. The molecule has 2 rings (SSSR count). The summed E-state index contributed by atoms with van der Waals surface area (Å²) in [7, 11) is 0. The third-order valence-corrected chi connectivity index (χ3v) is 3.92. The molecule has 3 N–H and O–H groups in total. The Hall–Kier alpha value is -0.610. The Bertz CT molecular complexity index is 257. The van der Waals surface area contributed by atoms with Crippen LogP contribution in [0.3, 0.4) is 0 Å². The van der Waals surface area contributed by atoms with Gasteiger partial charge in [0.25, 0.3) is 0 Å². The first kappa shape index (κ1) is 11.9. The molecule has 0 aromatic rings. The van der Waals surface area contributed by atoms with Gasteiger partial charge in [0.2, 0.25) is 0 Å². The van der Waals surface area contributed by atoms with Crippen molar-refractivity contribution in [1.82, 2.24) is 5.32 Å². The van der Waals surface area contributed by atoms with Crippen molar-refractivity contribution >= 4 is 5.97 Å². The fourth-order valence-corrected chi connectivity index (χ4v) is 3.02. The maximum absolute atomic E-state index is 11.6. The minimum atomic E-state index is -0.105. The molecule has 1 saturated carbocycles. The summed E-state index contributed by atoms with van der Waals surface area (Å²) in [4.78, 5) is 11.6. The number of ether oxygens (including phenoxy) is 1. The van der Waals surface area contributed by atoms with E-state index in [9.17, 15) is 4.79 Å². The molecular formula is C12H22N2O2. The zero-order chi connectivity index (χ0) is 11.5. The smallest absolute Gasteiger partial charge is 0.323 e. The van der Waals surface area contributed by atoms with Gasteiger partial charge in [-0.05, 0) is 51.0 Å². The lowest BCUT2D eigenvalue weighted by Gasteiger charge is -2.41. The second-order valence-electron chi connectivity index (χ2n) is 5.04. The Balaban J connectivity index is 1.90. The van der Waals surface area contributed by atoms with E-state index in [-0.39, 0.29) is 12.0 Å². The normalized spacial score (nSPS) is 38.9. The standard InChI is InChI=1S/C12H22N2O2/c1-2-16-12(15)11-6-9-5-10(13)4-3-8(9)7-14-11/h8-11,14H,2-7,13H2,1H3/t8?,9?,10-,11?/m0/s1. The van der Waals surface area contributed by atoms with Gasteiger partial charge < -0.3 is 15.8 Å².